The highest BCUT2D eigenvalue weighted by Crippen LogP contribution is 2.30. The second kappa shape index (κ2) is 11.6. The predicted octanol–water partition coefficient (Wildman–Crippen LogP) is 7.14. The summed E-state index contributed by atoms with van der Waals surface area (Å²) >= 11 is 9.98. The van der Waals surface area contributed by atoms with Gasteiger partial charge in [-0.15, -0.1) is 0 Å². The van der Waals surface area contributed by atoms with Crippen LogP contribution in [0.1, 0.15) is 23.6 Å². The molecule has 2 aromatic heterocycles. The summed E-state index contributed by atoms with van der Waals surface area (Å²) in [5.41, 5.74) is 6.11. The second-order valence-electron chi connectivity index (χ2n) is 8.83. The van der Waals surface area contributed by atoms with Crippen LogP contribution in [-0.4, -0.2) is 20.5 Å². The van der Waals surface area contributed by atoms with Crippen molar-refractivity contribution >= 4 is 51.0 Å². The van der Waals surface area contributed by atoms with Gasteiger partial charge >= 0.3 is 0 Å². The first-order valence-electron chi connectivity index (χ1n) is 12.1. The molecule has 3 aromatic carbocycles. The van der Waals surface area contributed by atoms with E-state index in [1.165, 1.54) is 0 Å². The van der Waals surface area contributed by atoms with Gasteiger partial charge in [0.05, 0.1) is 16.4 Å². The Morgan fingerprint density at radius 1 is 0.974 bits per heavy atom. The number of hydrogen-bond donors (Lipinski definition) is 2. The van der Waals surface area contributed by atoms with Gasteiger partial charge in [0.2, 0.25) is 5.91 Å². The van der Waals surface area contributed by atoms with Crippen LogP contribution in [0.4, 0.5) is 5.82 Å². The van der Waals surface area contributed by atoms with Crippen LogP contribution in [0, 0.1) is 0 Å². The molecule has 0 fully saturated rings. The summed E-state index contributed by atoms with van der Waals surface area (Å²) in [5, 5.41) is 11.6. The zero-order valence-corrected chi connectivity index (χ0v) is 23.0. The third kappa shape index (κ3) is 5.96. The fraction of sp³-hybridized carbons (Fsp3) is 0.100. The maximum absolute atomic E-state index is 12.5. The summed E-state index contributed by atoms with van der Waals surface area (Å²) in [5.74, 6) is 0.716. The first kappa shape index (κ1) is 25.7. The van der Waals surface area contributed by atoms with Gasteiger partial charge in [-0.2, -0.15) is 9.61 Å². The van der Waals surface area contributed by atoms with Crippen LogP contribution in [0.2, 0.25) is 5.02 Å². The number of rotatable bonds is 8. The lowest BCUT2D eigenvalue weighted by Gasteiger charge is -2.12. The minimum Gasteiger partial charge on any atom is -0.366 e. The molecule has 0 aliphatic heterocycles. The highest BCUT2D eigenvalue weighted by atomic mass is 79.9. The first-order chi connectivity index (χ1) is 18.5. The van der Waals surface area contributed by atoms with Crippen LogP contribution >= 0.6 is 27.5 Å². The molecule has 1 amide bonds. The van der Waals surface area contributed by atoms with E-state index in [0.717, 1.165) is 38.2 Å². The van der Waals surface area contributed by atoms with E-state index < -0.39 is 0 Å². The Morgan fingerprint density at radius 2 is 1.66 bits per heavy atom. The Balaban J connectivity index is 1.25. The number of halogens is 2. The van der Waals surface area contributed by atoms with Gasteiger partial charge in [-0.1, -0.05) is 84.4 Å². The highest BCUT2D eigenvalue weighted by Gasteiger charge is 2.13. The molecule has 2 N–H and O–H groups in total. The van der Waals surface area contributed by atoms with Crippen molar-refractivity contribution in [1.82, 2.24) is 19.9 Å². The quantitative estimate of drug-likeness (QED) is 0.190. The Labute approximate surface area is 234 Å². The molecular formula is C30H25BrClN5O. The van der Waals surface area contributed by atoms with Crippen molar-refractivity contribution in [2.45, 2.75) is 20.0 Å². The number of aromatic nitrogens is 3. The molecule has 8 heteroatoms. The number of carbonyl (C=O) groups is 1. The van der Waals surface area contributed by atoms with E-state index in [0.29, 0.717) is 29.3 Å². The summed E-state index contributed by atoms with van der Waals surface area (Å²) in [6.45, 7) is 2.87. The molecular weight excluding hydrogens is 562 g/mol. The van der Waals surface area contributed by atoms with Gasteiger partial charge in [-0.05, 0) is 51.7 Å². The van der Waals surface area contributed by atoms with Crippen molar-refractivity contribution < 1.29 is 4.79 Å². The number of anilines is 1. The normalized spacial score (nSPS) is 11.5. The van der Waals surface area contributed by atoms with E-state index in [1.807, 2.05) is 97.9 Å². The monoisotopic (exact) mass is 585 g/mol. The summed E-state index contributed by atoms with van der Waals surface area (Å²) in [7, 11) is 0. The van der Waals surface area contributed by atoms with Crippen LogP contribution in [0.25, 0.3) is 23.0 Å². The van der Waals surface area contributed by atoms with Gasteiger partial charge in [0, 0.05) is 35.3 Å². The Kier molecular flexibility index (Phi) is 7.86. The topological polar surface area (TPSA) is 71.3 Å². The molecule has 0 radical (unpaired) electrons. The van der Waals surface area contributed by atoms with E-state index in [9.17, 15) is 4.79 Å². The fourth-order valence-electron chi connectivity index (χ4n) is 4.02. The molecule has 6 nitrogen and oxygen atoms in total. The summed E-state index contributed by atoms with van der Waals surface area (Å²) in [6, 6.07) is 27.6. The average Bonchev–Trinajstić information content (AvgIpc) is 3.32. The fourth-order valence-corrected chi connectivity index (χ4v) is 4.60. The van der Waals surface area contributed by atoms with Gasteiger partial charge in [0.25, 0.3) is 0 Å². The van der Waals surface area contributed by atoms with Crippen LogP contribution < -0.4 is 10.6 Å². The largest absolute Gasteiger partial charge is 0.366 e. The number of carbonyl (C=O) groups excluding carboxylic acids is 1. The lowest BCUT2D eigenvalue weighted by molar-refractivity contribution is -0.117. The van der Waals surface area contributed by atoms with Crippen LogP contribution in [0.15, 0.2) is 101 Å². The van der Waals surface area contributed by atoms with E-state index in [1.54, 1.807) is 10.7 Å². The summed E-state index contributed by atoms with van der Waals surface area (Å²) < 4.78 is 2.56. The van der Waals surface area contributed by atoms with E-state index in [4.69, 9.17) is 16.6 Å². The first-order valence-corrected chi connectivity index (χ1v) is 13.3. The average molecular weight is 587 g/mol. The molecule has 190 valence electrons. The number of amides is 1. The minimum atomic E-state index is -0.0824. The van der Waals surface area contributed by atoms with Gasteiger partial charge in [-0.3, -0.25) is 4.79 Å². The van der Waals surface area contributed by atoms with Crippen molar-refractivity contribution in [3.05, 3.63) is 123 Å². The van der Waals surface area contributed by atoms with Gasteiger partial charge in [-0.25, -0.2) is 4.98 Å². The van der Waals surface area contributed by atoms with E-state index in [2.05, 4.69) is 31.7 Å². The molecule has 0 saturated heterocycles. The molecule has 5 aromatic rings. The van der Waals surface area contributed by atoms with E-state index in [-0.39, 0.29) is 5.91 Å². The Hall–Kier alpha value is -3.94. The van der Waals surface area contributed by atoms with Crippen molar-refractivity contribution in [3.63, 3.8) is 0 Å². The SMILES string of the molecule is C/C(=C\c1ccccc1)C(=O)NCc1ccc(CNc2cc(-c3ccccc3Cl)nc3c(Br)cnn23)cc1. The second-order valence-corrected chi connectivity index (χ2v) is 10.1. The standard InChI is InChI=1S/C30H25BrClN5O/c1-20(15-21-7-3-2-4-8-21)30(38)34-18-23-13-11-22(12-14-23)17-33-28-16-27(24-9-5-6-10-26(24)32)36-29-25(31)19-35-37(28)29/h2-16,19,33H,17-18H2,1H3,(H,34,38)/b20-15+. The summed E-state index contributed by atoms with van der Waals surface area (Å²) in [4.78, 5) is 17.2. The predicted molar refractivity (Wildman–Crippen MR) is 157 cm³/mol. The van der Waals surface area contributed by atoms with E-state index >= 15 is 0 Å². The molecule has 5 rings (SSSR count). The number of nitrogens with zero attached hydrogens (tertiary/aromatic N) is 3. The number of fused-ring (bicyclic) bond motifs is 1. The number of nitrogens with one attached hydrogen (secondary N) is 2. The lowest BCUT2D eigenvalue weighted by atomic mass is 10.1. The summed E-state index contributed by atoms with van der Waals surface area (Å²) in [6.07, 6.45) is 3.61. The highest BCUT2D eigenvalue weighted by molar-refractivity contribution is 9.10. The van der Waals surface area contributed by atoms with Crippen molar-refractivity contribution in [1.29, 1.82) is 0 Å². The zero-order chi connectivity index (χ0) is 26.5. The van der Waals surface area contributed by atoms with Crippen LogP contribution in [0.5, 0.6) is 0 Å². The molecule has 0 aliphatic carbocycles. The maximum Gasteiger partial charge on any atom is 0.247 e. The molecule has 2 heterocycles. The van der Waals surface area contributed by atoms with Crippen molar-refractivity contribution in [2.75, 3.05) is 5.32 Å². The van der Waals surface area contributed by atoms with Gasteiger partial charge < -0.3 is 10.6 Å². The Morgan fingerprint density at radius 3 is 2.39 bits per heavy atom. The van der Waals surface area contributed by atoms with Gasteiger partial charge in [0.1, 0.15) is 5.82 Å². The lowest BCUT2D eigenvalue weighted by Crippen LogP contribution is -2.23. The third-order valence-electron chi connectivity index (χ3n) is 6.07. The molecule has 0 saturated carbocycles. The van der Waals surface area contributed by atoms with Crippen LogP contribution in [-0.2, 0) is 17.9 Å². The maximum atomic E-state index is 12.5. The van der Waals surface area contributed by atoms with Gasteiger partial charge in [0.15, 0.2) is 5.65 Å². The third-order valence-corrected chi connectivity index (χ3v) is 6.96. The molecule has 0 unspecified atom stereocenters. The smallest absolute Gasteiger partial charge is 0.247 e. The number of benzene rings is 3. The zero-order valence-electron chi connectivity index (χ0n) is 20.7. The molecule has 38 heavy (non-hydrogen) atoms. The van der Waals surface area contributed by atoms with Crippen LogP contribution in [0.3, 0.4) is 0 Å². The Bertz CT molecular complexity index is 1610. The minimum absolute atomic E-state index is 0.0824. The van der Waals surface area contributed by atoms with Crippen molar-refractivity contribution in [2.24, 2.45) is 0 Å². The van der Waals surface area contributed by atoms with Crippen molar-refractivity contribution in [3.8, 4) is 11.3 Å². The molecule has 0 aliphatic rings. The molecule has 0 bridgehead atoms. The molecule has 0 spiro atoms. The molecule has 0 atom stereocenters. The number of hydrogen-bond acceptors (Lipinski definition) is 4.